The summed E-state index contributed by atoms with van der Waals surface area (Å²) < 4.78 is 1.99. The Kier molecular flexibility index (Phi) is 6.00. The highest BCUT2D eigenvalue weighted by molar-refractivity contribution is 9.10. The first-order valence-corrected chi connectivity index (χ1v) is 9.40. The third kappa shape index (κ3) is 4.47. The van der Waals surface area contributed by atoms with E-state index in [-0.39, 0.29) is 16.8 Å². The van der Waals surface area contributed by atoms with Crippen LogP contribution in [0.5, 0.6) is 0 Å². The molecule has 1 aromatic heterocycles. The van der Waals surface area contributed by atoms with Crippen molar-refractivity contribution in [1.82, 2.24) is 15.2 Å². The molecule has 0 spiro atoms. The Hall–Kier alpha value is -3.57. The molecule has 2 aromatic carbocycles. The predicted molar refractivity (Wildman–Crippen MR) is 113 cm³/mol. The van der Waals surface area contributed by atoms with Gasteiger partial charge < -0.3 is 0 Å². The third-order valence-corrected chi connectivity index (χ3v) is 4.69. The maximum atomic E-state index is 12.6. The molecule has 0 radical (unpaired) electrons. The van der Waals surface area contributed by atoms with Gasteiger partial charge in [-0.1, -0.05) is 40.2 Å². The molecule has 3 rings (SSSR count). The van der Waals surface area contributed by atoms with Gasteiger partial charge in [0.25, 0.3) is 11.5 Å². The highest BCUT2D eigenvalue weighted by Gasteiger charge is 2.20. The van der Waals surface area contributed by atoms with Crippen LogP contribution in [-0.2, 0) is 0 Å². The smallest absolute Gasteiger partial charge is 0.266 e. The minimum atomic E-state index is -0.617. The van der Waals surface area contributed by atoms with Gasteiger partial charge in [-0.2, -0.15) is 20.1 Å². The van der Waals surface area contributed by atoms with Crippen LogP contribution in [0.3, 0.4) is 0 Å². The van der Waals surface area contributed by atoms with Crippen molar-refractivity contribution in [2.45, 2.75) is 13.8 Å². The highest BCUT2D eigenvalue weighted by Crippen LogP contribution is 2.12. The summed E-state index contributed by atoms with van der Waals surface area (Å²) in [7, 11) is 0. The zero-order valence-electron chi connectivity index (χ0n) is 15.7. The van der Waals surface area contributed by atoms with Crippen molar-refractivity contribution in [2.24, 2.45) is 5.10 Å². The molecule has 0 aliphatic carbocycles. The van der Waals surface area contributed by atoms with E-state index >= 15 is 0 Å². The summed E-state index contributed by atoms with van der Waals surface area (Å²) in [6.07, 6.45) is 1.49. The molecule has 8 heteroatoms. The van der Waals surface area contributed by atoms with E-state index < -0.39 is 11.5 Å². The second-order valence-corrected chi connectivity index (χ2v) is 7.18. The second-order valence-electron chi connectivity index (χ2n) is 6.27. The number of nitrogens with zero attached hydrogens (tertiary/aromatic N) is 4. The predicted octanol–water partition coefficient (Wildman–Crippen LogP) is 3.25. The Morgan fingerprint density at radius 2 is 1.97 bits per heavy atom. The number of halogens is 1. The SMILES string of the molecule is Cc1cccc(-n2nc(C(=O)N/N=C/c3ccc(Br)cc3)c(C)c(C#N)c2=O)c1. The molecule has 1 amide bonds. The van der Waals surface area contributed by atoms with Crippen molar-refractivity contribution in [3.8, 4) is 11.8 Å². The van der Waals surface area contributed by atoms with Gasteiger partial charge >= 0.3 is 0 Å². The topological polar surface area (TPSA) is 100 Å². The molecule has 0 fully saturated rings. The lowest BCUT2D eigenvalue weighted by atomic mass is 10.1. The average Bonchev–Trinajstić information content (AvgIpc) is 2.70. The fraction of sp³-hybridized carbons (Fsp3) is 0.0952. The first-order valence-electron chi connectivity index (χ1n) is 8.60. The largest absolute Gasteiger partial charge is 0.292 e. The number of carbonyl (C=O) groups is 1. The number of aryl methyl sites for hydroxylation is 1. The van der Waals surface area contributed by atoms with Gasteiger partial charge in [-0.3, -0.25) is 9.59 Å². The quantitative estimate of drug-likeness (QED) is 0.487. The number of carbonyl (C=O) groups excluding carboxylic acids is 1. The molecule has 1 heterocycles. The Bertz CT molecular complexity index is 1210. The van der Waals surface area contributed by atoms with Gasteiger partial charge in [0.1, 0.15) is 11.6 Å². The first kappa shape index (κ1) is 20.2. The van der Waals surface area contributed by atoms with E-state index in [1.165, 1.54) is 13.1 Å². The number of hydrogen-bond donors (Lipinski definition) is 1. The number of amides is 1. The number of hydrogen-bond acceptors (Lipinski definition) is 5. The molecule has 0 atom stereocenters. The standard InChI is InChI=1S/C21H16BrN5O2/c1-13-4-3-5-17(10-13)27-21(29)18(11-23)14(2)19(26-27)20(28)25-24-12-15-6-8-16(22)9-7-15/h3-10,12H,1-2H3,(H,25,28)/b24-12+. The zero-order valence-corrected chi connectivity index (χ0v) is 17.3. The van der Waals surface area contributed by atoms with Crippen molar-refractivity contribution in [3.05, 3.63) is 91.3 Å². The van der Waals surface area contributed by atoms with Crippen LogP contribution in [0.2, 0.25) is 0 Å². The maximum absolute atomic E-state index is 12.6. The van der Waals surface area contributed by atoms with Crippen molar-refractivity contribution in [1.29, 1.82) is 5.26 Å². The molecule has 0 unspecified atom stereocenters. The van der Waals surface area contributed by atoms with Crippen LogP contribution >= 0.6 is 15.9 Å². The lowest BCUT2D eigenvalue weighted by Crippen LogP contribution is -2.31. The Balaban J connectivity index is 1.97. The summed E-state index contributed by atoms with van der Waals surface area (Å²) in [5.74, 6) is -0.617. The minimum Gasteiger partial charge on any atom is -0.266 e. The molecule has 0 bridgehead atoms. The molecule has 0 aliphatic rings. The van der Waals surface area contributed by atoms with Crippen molar-refractivity contribution in [2.75, 3.05) is 0 Å². The van der Waals surface area contributed by atoms with Gasteiger partial charge in [0.05, 0.1) is 11.9 Å². The van der Waals surface area contributed by atoms with Gasteiger partial charge in [0.15, 0.2) is 5.69 Å². The highest BCUT2D eigenvalue weighted by atomic mass is 79.9. The number of nitrogens with one attached hydrogen (secondary N) is 1. The lowest BCUT2D eigenvalue weighted by molar-refractivity contribution is 0.0947. The number of nitriles is 1. The molecule has 7 nitrogen and oxygen atoms in total. The van der Waals surface area contributed by atoms with Crippen LogP contribution in [0.1, 0.15) is 32.7 Å². The summed E-state index contributed by atoms with van der Waals surface area (Å²) in [4.78, 5) is 25.3. The summed E-state index contributed by atoms with van der Waals surface area (Å²) in [5.41, 5.74) is 4.02. The van der Waals surface area contributed by atoms with Crippen LogP contribution in [0, 0.1) is 25.2 Å². The Labute approximate surface area is 175 Å². The molecule has 144 valence electrons. The normalized spacial score (nSPS) is 10.7. The van der Waals surface area contributed by atoms with Crippen molar-refractivity contribution in [3.63, 3.8) is 0 Å². The molecular formula is C21H16BrN5O2. The van der Waals surface area contributed by atoms with Gasteiger partial charge in [-0.25, -0.2) is 5.43 Å². The van der Waals surface area contributed by atoms with E-state index in [9.17, 15) is 14.9 Å². The van der Waals surface area contributed by atoms with Crippen LogP contribution in [0.4, 0.5) is 0 Å². The van der Waals surface area contributed by atoms with E-state index in [1.54, 1.807) is 18.2 Å². The van der Waals surface area contributed by atoms with Gasteiger partial charge in [0, 0.05) is 10.0 Å². The molecule has 3 aromatic rings. The van der Waals surface area contributed by atoms with E-state index in [1.807, 2.05) is 43.3 Å². The third-order valence-electron chi connectivity index (χ3n) is 4.16. The number of hydrazone groups is 1. The minimum absolute atomic E-state index is 0.0457. The Morgan fingerprint density at radius 1 is 1.24 bits per heavy atom. The zero-order chi connectivity index (χ0) is 21.0. The molecule has 29 heavy (non-hydrogen) atoms. The summed E-state index contributed by atoms with van der Waals surface area (Å²) in [5, 5.41) is 17.5. The number of benzene rings is 2. The molecule has 1 N–H and O–H groups in total. The van der Waals surface area contributed by atoms with Crippen molar-refractivity contribution < 1.29 is 4.79 Å². The number of rotatable bonds is 4. The van der Waals surface area contributed by atoms with E-state index in [0.717, 1.165) is 20.3 Å². The van der Waals surface area contributed by atoms with Gasteiger partial charge in [0.2, 0.25) is 0 Å². The maximum Gasteiger partial charge on any atom is 0.292 e. The van der Waals surface area contributed by atoms with Crippen LogP contribution in [0.15, 0.2) is 62.9 Å². The molecule has 0 saturated heterocycles. The molecule has 0 aliphatic heterocycles. The summed E-state index contributed by atoms with van der Waals surface area (Å²) >= 11 is 3.35. The average molecular weight is 450 g/mol. The van der Waals surface area contributed by atoms with Crippen LogP contribution in [-0.4, -0.2) is 21.9 Å². The van der Waals surface area contributed by atoms with Crippen LogP contribution < -0.4 is 11.0 Å². The van der Waals surface area contributed by atoms with Gasteiger partial charge in [-0.05, 0) is 49.2 Å². The summed E-state index contributed by atoms with van der Waals surface area (Å²) in [6.45, 7) is 3.39. The van der Waals surface area contributed by atoms with Crippen LogP contribution in [0.25, 0.3) is 5.69 Å². The fourth-order valence-electron chi connectivity index (χ4n) is 2.65. The lowest BCUT2D eigenvalue weighted by Gasteiger charge is -2.11. The van der Waals surface area contributed by atoms with E-state index in [0.29, 0.717) is 5.69 Å². The summed E-state index contributed by atoms with van der Waals surface area (Å²) in [6, 6.07) is 16.3. The van der Waals surface area contributed by atoms with E-state index in [2.05, 4.69) is 31.6 Å². The monoisotopic (exact) mass is 449 g/mol. The van der Waals surface area contributed by atoms with Crippen molar-refractivity contribution >= 4 is 28.1 Å². The second kappa shape index (κ2) is 8.63. The van der Waals surface area contributed by atoms with Gasteiger partial charge in [-0.15, -0.1) is 0 Å². The molecular weight excluding hydrogens is 434 g/mol. The molecule has 0 saturated carbocycles. The van der Waals surface area contributed by atoms with E-state index in [4.69, 9.17) is 0 Å². The Morgan fingerprint density at radius 3 is 2.62 bits per heavy atom. The fourth-order valence-corrected chi connectivity index (χ4v) is 2.92. The first-order chi connectivity index (χ1) is 13.9. The number of aromatic nitrogens is 2.